The monoisotopic (exact) mass is 249 g/mol. The van der Waals surface area contributed by atoms with Crippen molar-refractivity contribution >= 4 is 28.2 Å². The first kappa shape index (κ1) is 12.1. The molecule has 0 radical (unpaired) electrons. The van der Waals surface area contributed by atoms with Crippen LogP contribution in [0.4, 0.5) is 5.82 Å². The lowest BCUT2D eigenvalue weighted by molar-refractivity contribution is 0.835. The molecular weight excluding hydrogens is 234 g/mol. The van der Waals surface area contributed by atoms with Crippen molar-refractivity contribution in [3.05, 3.63) is 30.0 Å². The Hall–Kier alpha value is -1.35. The summed E-state index contributed by atoms with van der Waals surface area (Å²) in [5.74, 6) is 0.837. The number of halogens is 1. The average Bonchev–Trinajstić information content (AvgIpc) is 2.32. The second kappa shape index (κ2) is 5.32. The fourth-order valence-corrected chi connectivity index (χ4v) is 1.87. The molecule has 0 saturated heterocycles. The van der Waals surface area contributed by atoms with Crippen LogP contribution < -0.4 is 5.32 Å². The molecule has 0 spiro atoms. The van der Waals surface area contributed by atoms with Crippen molar-refractivity contribution in [2.24, 2.45) is 0 Å². The van der Waals surface area contributed by atoms with E-state index < -0.39 is 0 Å². The highest BCUT2D eigenvalue weighted by molar-refractivity contribution is 6.20. The van der Waals surface area contributed by atoms with Gasteiger partial charge in [0.15, 0.2) is 5.82 Å². The Labute approximate surface area is 106 Å². The highest BCUT2D eigenvalue weighted by Gasteiger charge is 2.05. The third-order valence-corrected chi connectivity index (χ3v) is 2.92. The summed E-state index contributed by atoms with van der Waals surface area (Å²) in [5.41, 5.74) is 0.955. The van der Waals surface area contributed by atoms with E-state index in [0.29, 0.717) is 0 Å². The quantitative estimate of drug-likeness (QED) is 0.845. The second-order valence-corrected chi connectivity index (χ2v) is 4.92. The minimum absolute atomic E-state index is 0.173. The minimum Gasteiger partial charge on any atom is -0.368 e. The van der Waals surface area contributed by atoms with E-state index in [1.807, 2.05) is 26.0 Å². The molecule has 0 bridgehead atoms. The van der Waals surface area contributed by atoms with Crippen LogP contribution in [-0.4, -0.2) is 22.1 Å². The van der Waals surface area contributed by atoms with E-state index in [1.165, 1.54) is 0 Å². The number of hydrogen-bond acceptors (Lipinski definition) is 3. The van der Waals surface area contributed by atoms with Crippen LogP contribution in [0.3, 0.4) is 0 Å². The summed E-state index contributed by atoms with van der Waals surface area (Å²) in [6.45, 7) is 4.77. The van der Waals surface area contributed by atoms with E-state index in [0.717, 1.165) is 35.2 Å². The van der Waals surface area contributed by atoms with E-state index in [2.05, 4.69) is 27.6 Å². The van der Waals surface area contributed by atoms with Crippen LogP contribution in [0.2, 0.25) is 0 Å². The zero-order valence-corrected chi connectivity index (χ0v) is 10.8. The number of aromatic nitrogens is 2. The molecule has 1 aromatic heterocycles. The molecule has 17 heavy (non-hydrogen) atoms. The fourth-order valence-electron chi connectivity index (χ4n) is 1.76. The third-order valence-electron chi connectivity index (χ3n) is 2.71. The van der Waals surface area contributed by atoms with Crippen molar-refractivity contribution in [1.82, 2.24) is 10.2 Å². The molecule has 0 aliphatic carbocycles. The predicted octanol–water partition coefficient (Wildman–Crippen LogP) is 3.37. The molecule has 0 aliphatic heterocycles. The summed E-state index contributed by atoms with van der Waals surface area (Å²) in [7, 11) is 0. The molecular formula is C13H16ClN3. The van der Waals surface area contributed by atoms with Gasteiger partial charge in [0.2, 0.25) is 0 Å². The normalized spacial score (nSPS) is 12.6. The van der Waals surface area contributed by atoms with Gasteiger partial charge in [-0.3, -0.25) is 0 Å². The van der Waals surface area contributed by atoms with Gasteiger partial charge in [-0.2, -0.15) is 5.10 Å². The zero-order chi connectivity index (χ0) is 12.3. The highest BCUT2D eigenvalue weighted by Crippen LogP contribution is 2.22. The van der Waals surface area contributed by atoms with Gasteiger partial charge in [0, 0.05) is 22.7 Å². The van der Waals surface area contributed by atoms with Gasteiger partial charge >= 0.3 is 0 Å². The number of aryl methyl sites for hydroxylation is 1. The number of anilines is 1. The van der Waals surface area contributed by atoms with Crippen LogP contribution in [0.15, 0.2) is 24.3 Å². The summed E-state index contributed by atoms with van der Waals surface area (Å²) >= 11 is 5.91. The molecule has 0 saturated carbocycles. The lowest BCUT2D eigenvalue weighted by atomic mass is 10.1. The average molecular weight is 250 g/mol. The number of hydrogen-bond donors (Lipinski definition) is 1. The number of alkyl halides is 1. The SMILES string of the molecule is Cc1nnc(NCCC(C)Cl)c2ccccc12. The minimum atomic E-state index is 0.173. The molecule has 0 fully saturated rings. The Morgan fingerprint density at radius 1 is 1.24 bits per heavy atom. The number of fused-ring (bicyclic) bond motifs is 1. The van der Waals surface area contributed by atoms with Gasteiger partial charge in [0.1, 0.15) is 0 Å². The number of nitrogens with zero attached hydrogens (tertiary/aromatic N) is 2. The van der Waals surface area contributed by atoms with Crippen LogP contribution in [0.1, 0.15) is 19.0 Å². The largest absolute Gasteiger partial charge is 0.368 e. The fraction of sp³-hybridized carbons (Fsp3) is 0.385. The maximum atomic E-state index is 5.91. The van der Waals surface area contributed by atoms with E-state index >= 15 is 0 Å². The van der Waals surface area contributed by atoms with Crippen LogP contribution in [0.25, 0.3) is 10.8 Å². The van der Waals surface area contributed by atoms with Crippen molar-refractivity contribution in [3.63, 3.8) is 0 Å². The topological polar surface area (TPSA) is 37.8 Å². The first-order chi connectivity index (χ1) is 8.18. The summed E-state index contributed by atoms with van der Waals surface area (Å²) in [4.78, 5) is 0. The maximum Gasteiger partial charge on any atom is 0.156 e. The molecule has 3 nitrogen and oxygen atoms in total. The standard InChI is InChI=1S/C13H16ClN3/c1-9(14)7-8-15-13-12-6-4-3-5-11(12)10(2)16-17-13/h3-6,9H,7-8H2,1-2H3,(H,15,17). The third kappa shape index (κ3) is 2.86. The van der Waals surface area contributed by atoms with Gasteiger partial charge < -0.3 is 5.32 Å². The first-order valence-electron chi connectivity index (χ1n) is 5.78. The maximum absolute atomic E-state index is 5.91. The van der Waals surface area contributed by atoms with Crippen molar-refractivity contribution in [2.45, 2.75) is 25.6 Å². The Bertz CT molecular complexity index is 511. The Morgan fingerprint density at radius 3 is 2.65 bits per heavy atom. The number of nitrogens with one attached hydrogen (secondary N) is 1. The van der Waals surface area contributed by atoms with Crippen molar-refractivity contribution in [1.29, 1.82) is 0 Å². The Kier molecular flexibility index (Phi) is 3.79. The highest BCUT2D eigenvalue weighted by atomic mass is 35.5. The summed E-state index contributed by atoms with van der Waals surface area (Å²) in [5, 5.41) is 14.1. The van der Waals surface area contributed by atoms with E-state index in [-0.39, 0.29) is 5.38 Å². The van der Waals surface area contributed by atoms with Crippen molar-refractivity contribution < 1.29 is 0 Å². The molecule has 1 aromatic carbocycles. The predicted molar refractivity (Wildman–Crippen MR) is 72.7 cm³/mol. The molecule has 1 unspecified atom stereocenters. The van der Waals surface area contributed by atoms with E-state index in [9.17, 15) is 0 Å². The Morgan fingerprint density at radius 2 is 1.94 bits per heavy atom. The van der Waals surface area contributed by atoms with E-state index in [4.69, 9.17) is 11.6 Å². The van der Waals surface area contributed by atoms with Gasteiger partial charge in [-0.05, 0) is 20.3 Å². The molecule has 1 atom stereocenters. The molecule has 1 heterocycles. The van der Waals surface area contributed by atoms with Gasteiger partial charge in [-0.25, -0.2) is 0 Å². The summed E-state index contributed by atoms with van der Waals surface area (Å²) < 4.78 is 0. The summed E-state index contributed by atoms with van der Waals surface area (Å²) in [6, 6.07) is 8.15. The van der Waals surface area contributed by atoms with Crippen molar-refractivity contribution in [3.8, 4) is 0 Å². The zero-order valence-electron chi connectivity index (χ0n) is 10.1. The molecule has 2 rings (SSSR count). The van der Waals surface area contributed by atoms with Crippen LogP contribution in [0, 0.1) is 6.92 Å². The second-order valence-electron chi connectivity index (χ2n) is 4.18. The molecule has 0 amide bonds. The van der Waals surface area contributed by atoms with Crippen LogP contribution in [0.5, 0.6) is 0 Å². The number of benzene rings is 1. The lowest BCUT2D eigenvalue weighted by Gasteiger charge is -2.09. The van der Waals surface area contributed by atoms with Crippen LogP contribution >= 0.6 is 11.6 Å². The molecule has 2 aromatic rings. The van der Waals surface area contributed by atoms with Gasteiger partial charge in [0.25, 0.3) is 0 Å². The smallest absolute Gasteiger partial charge is 0.156 e. The molecule has 4 heteroatoms. The van der Waals surface area contributed by atoms with Crippen molar-refractivity contribution in [2.75, 3.05) is 11.9 Å². The Balaban J connectivity index is 2.26. The summed E-state index contributed by atoms with van der Waals surface area (Å²) in [6.07, 6.45) is 0.908. The molecule has 90 valence electrons. The van der Waals surface area contributed by atoms with Gasteiger partial charge in [-0.1, -0.05) is 24.3 Å². The molecule has 0 aliphatic rings. The van der Waals surface area contributed by atoms with Gasteiger partial charge in [0.05, 0.1) is 5.69 Å². The molecule has 1 N–H and O–H groups in total. The first-order valence-corrected chi connectivity index (χ1v) is 6.22. The van der Waals surface area contributed by atoms with E-state index in [1.54, 1.807) is 0 Å². The van der Waals surface area contributed by atoms with Gasteiger partial charge in [-0.15, -0.1) is 16.7 Å². The lowest BCUT2D eigenvalue weighted by Crippen LogP contribution is -2.08. The number of rotatable bonds is 4. The van der Waals surface area contributed by atoms with Crippen LogP contribution in [-0.2, 0) is 0 Å².